The van der Waals surface area contributed by atoms with Gasteiger partial charge in [-0.15, -0.1) is 0 Å². The molecule has 6 nitrogen and oxygen atoms in total. The van der Waals surface area contributed by atoms with Crippen LogP contribution in [0.5, 0.6) is 5.88 Å². The Morgan fingerprint density at radius 3 is 1.95 bits per heavy atom. The molecular formula is C14H23N5O. The Balaban J connectivity index is 3.46. The standard InChI is InChI=1S/C14H23N5O/c1-6-18(7-2)12-11(10-15)13(20-5)17-14(16-12)19(8-3)9-4/h6-9H2,1-5H3. The Labute approximate surface area is 121 Å². The summed E-state index contributed by atoms with van der Waals surface area (Å²) in [5, 5.41) is 9.36. The first-order valence-electron chi connectivity index (χ1n) is 7.02. The zero-order chi connectivity index (χ0) is 15.1. The molecule has 0 spiro atoms. The van der Waals surface area contributed by atoms with E-state index in [1.807, 2.05) is 23.6 Å². The highest BCUT2D eigenvalue weighted by atomic mass is 16.5. The van der Waals surface area contributed by atoms with Crippen molar-refractivity contribution in [2.24, 2.45) is 0 Å². The molecule has 0 bridgehead atoms. The van der Waals surface area contributed by atoms with E-state index in [-0.39, 0.29) is 0 Å². The van der Waals surface area contributed by atoms with E-state index in [2.05, 4.69) is 29.9 Å². The monoisotopic (exact) mass is 277 g/mol. The second-order valence-corrected chi connectivity index (χ2v) is 4.19. The van der Waals surface area contributed by atoms with Crippen LogP contribution in [0, 0.1) is 11.3 Å². The van der Waals surface area contributed by atoms with Crippen LogP contribution in [0.25, 0.3) is 0 Å². The normalized spacial score (nSPS) is 10.0. The molecule has 1 rings (SSSR count). The summed E-state index contributed by atoms with van der Waals surface area (Å²) in [6, 6.07) is 2.16. The van der Waals surface area contributed by atoms with Gasteiger partial charge in [-0.2, -0.15) is 15.2 Å². The quantitative estimate of drug-likeness (QED) is 0.760. The summed E-state index contributed by atoms with van der Waals surface area (Å²) >= 11 is 0. The Bertz CT molecular complexity index is 475. The average molecular weight is 277 g/mol. The lowest BCUT2D eigenvalue weighted by Gasteiger charge is -2.25. The lowest BCUT2D eigenvalue weighted by atomic mass is 10.3. The molecule has 6 heteroatoms. The molecule has 0 amide bonds. The smallest absolute Gasteiger partial charge is 0.238 e. The maximum Gasteiger partial charge on any atom is 0.238 e. The molecule has 0 aliphatic rings. The number of rotatable bonds is 7. The summed E-state index contributed by atoms with van der Waals surface area (Å²) in [5.74, 6) is 1.59. The molecule has 0 atom stereocenters. The first kappa shape index (κ1) is 16.0. The van der Waals surface area contributed by atoms with Crippen LogP contribution in [-0.4, -0.2) is 43.3 Å². The molecular weight excluding hydrogens is 254 g/mol. The van der Waals surface area contributed by atoms with Gasteiger partial charge in [-0.05, 0) is 27.7 Å². The molecule has 1 heterocycles. The van der Waals surface area contributed by atoms with Crippen molar-refractivity contribution in [2.45, 2.75) is 27.7 Å². The van der Waals surface area contributed by atoms with Gasteiger partial charge in [0.2, 0.25) is 11.8 Å². The molecule has 0 N–H and O–H groups in total. The SMILES string of the molecule is CCN(CC)c1nc(OC)c(C#N)c(N(CC)CC)n1. The van der Waals surface area contributed by atoms with Crippen molar-refractivity contribution in [3.8, 4) is 11.9 Å². The van der Waals surface area contributed by atoms with Gasteiger partial charge in [0, 0.05) is 26.2 Å². The molecule has 20 heavy (non-hydrogen) atoms. The Morgan fingerprint density at radius 2 is 1.55 bits per heavy atom. The van der Waals surface area contributed by atoms with Crippen LogP contribution in [0.15, 0.2) is 0 Å². The Hall–Kier alpha value is -2.03. The van der Waals surface area contributed by atoms with Gasteiger partial charge in [-0.1, -0.05) is 0 Å². The van der Waals surface area contributed by atoms with E-state index in [0.717, 1.165) is 26.2 Å². The van der Waals surface area contributed by atoms with Gasteiger partial charge in [0.25, 0.3) is 0 Å². The summed E-state index contributed by atoms with van der Waals surface area (Å²) in [7, 11) is 1.53. The van der Waals surface area contributed by atoms with Crippen LogP contribution < -0.4 is 14.5 Å². The summed E-state index contributed by atoms with van der Waals surface area (Å²) in [4.78, 5) is 13.0. The molecule has 1 aromatic rings. The number of methoxy groups -OCH3 is 1. The fraction of sp³-hybridized carbons (Fsp3) is 0.643. The average Bonchev–Trinajstić information content (AvgIpc) is 2.49. The van der Waals surface area contributed by atoms with Gasteiger partial charge in [0.15, 0.2) is 11.4 Å². The molecule has 110 valence electrons. The molecule has 0 fully saturated rings. The first-order chi connectivity index (χ1) is 9.66. The summed E-state index contributed by atoms with van der Waals surface area (Å²) < 4.78 is 5.27. The highest BCUT2D eigenvalue weighted by Gasteiger charge is 2.20. The molecule has 0 unspecified atom stereocenters. The lowest BCUT2D eigenvalue weighted by molar-refractivity contribution is 0.395. The van der Waals surface area contributed by atoms with E-state index in [9.17, 15) is 5.26 Å². The van der Waals surface area contributed by atoms with Crippen LogP contribution in [0.3, 0.4) is 0 Å². The maximum atomic E-state index is 9.36. The van der Waals surface area contributed by atoms with Crippen molar-refractivity contribution in [3.05, 3.63) is 5.56 Å². The first-order valence-corrected chi connectivity index (χ1v) is 7.02. The van der Waals surface area contributed by atoms with E-state index in [1.165, 1.54) is 7.11 Å². The van der Waals surface area contributed by atoms with E-state index in [0.29, 0.717) is 23.2 Å². The van der Waals surface area contributed by atoms with Crippen molar-refractivity contribution in [1.29, 1.82) is 5.26 Å². The third-order valence-corrected chi connectivity index (χ3v) is 3.26. The van der Waals surface area contributed by atoms with E-state index < -0.39 is 0 Å². The number of hydrogen-bond donors (Lipinski definition) is 0. The second-order valence-electron chi connectivity index (χ2n) is 4.19. The number of anilines is 2. The van der Waals surface area contributed by atoms with Crippen molar-refractivity contribution < 1.29 is 4.74 Å². The highest BCUT2D eigenvalue weighted by molar-refractivity contribution is 5.61. The maximum absolute atomic E-state index is 9.36. The predicted molar refractivity (Wildman–Crippen MR) is 80.4 cm³/mol. The van der Waals surface area contributed by atoms with Gasteiger partial charge in [0.05, 0.1) is 7.11 Å². The van der Waals surface area contributed by atoms with E-state index >= 15 is 0 Å². The van der Waals surface area contributed by atoms with Gasteiger partial charge < -0.3 is 14.5 Å². The summed E-state index contributed by atoms with van der Waals surface area (Å²) in [6.45, 7) is 11.4. The van der Waals surface area contributed by atoms with Crippen LogP contribution in [0.4, 0.5) is 11.8 Å². The van der Waals surface area contributed by atoms with Crippen LogP contribution in [-0.2, 0) is 0 Å². The lowest BCUT2D eigenvalue weighted by Crippen LogP contribution is -2.28. The van der Waals surface area contributed by atoms with Gasteiger partial charge in [0.1, 0.15) is 6.07 Å². The van der Waals surface area contributed by atoms with Crippen molar-refractivity contribution in [2.75, 3.05) is 43.1 Å². The Morgan fingerprint density at radius 1 is 1.00 bits per heavy atom. The Kier molecular flexibility index (Phi) is 6.04. The zero-order valence-corrected chi connectivity index (χ0v) is 13.0. The van der Waals surface area contributed by atoms with Crippen LogP contribution >= 0.6 is 0 Å². The van der Waals surface area contributed by atoms with Crippen molar-refractivity contribution in [1.82, 2.24) is 9.97 Å². The third kappa shape index (κ3) is 3.10. The van der Waals surface area contributed by atoms with E-state index in [4.69, 9.17) is 4.74 Å². The number of ether oxygens (including phenoxy) is 1. The number of nitriles is 1. The third-order valence-electron chi connectivity index (χ3n) is 3.26. The summed E-state index contributed by atoms with van der Waals surface area (Å²) in [6.07, 6.45) is 0. The van der Waals surface area contributed by atoms with E-state index in [1.54, 1.807) is 0 Å². The number of hydrogen-bond acceptors (Lipinski definition) is 6. The molecule has 0 aliphatic carbocycles. The van der Waals surface area contributed by atoms with Crippen LogP contribution in [0.1, 0.15) is 33.3 Å². The van der Waals surface area contributed by atoms with Gasteiger partial charge in [-0.25, -0.2) is 0 Å². The molecule has 0 aliphatic heterocycles. The highest BCUT2D eigenvalue weighted by Crippen LogP contribution is 2.28. The van der Waals surface area contributed by atoms with Crippen LogP contribution in [0.2, 0.25) is 0 Å². The zero-order valence-electron chi connectivity index (χ0n) is 13.0. The number of nitrogens with zero attached hydrogens (tertiary/aromatic N) is 5. The minimum atomic E-state index is 0.339. The summed E-state index contributed by atoms with van der Waals surface area (Å²) in [5.41, 5.74) is 0.395. The topological polar surface area (TPSA) is 65.3 Å². The molecule has 0 radical (unpaired) electrons. The minimum Gasteiger partial charge on any atom is -0.480 e. The molecule has 0 saturated carbocycles. The van der Waals surface area contributed by atoms with Crippen molar-refractivity contribution in [3.63, 3.8) is 0 Å². The fourth-order valence-electron chi connectivity index (χ4n) is 2.06. The molecule has 1 aromatic heterocycles. The van der Waals surface area contributed by atoms with Crippen molar-refractivity contribution >= 4 is 11.8 Å². The minimum absolute atomic E-state index is 0.339. The number of aromatic nitrogens is 2. The van der Waals surface area contributed by atoms with Gasteiger partial charge >= 0.3 is 0 Å². The largest absolute Gasteiger partial charge is 0.480 e. The fourth-order valence-corrected chi connectivity index (χ4v) is 2.06. The predicted octanol–water partition coefficient (Wildman–Crippen LogP) is 2.05. The molecule has 0 aromatic carbocycles. The molecule has 0 saturated heterocycles. The van der Waals surface area contributed by atoms with Gasteiger partial charge in [-0.3, -0.25) is 0 Å². The second kappa shape index (κ2) is 7.53.